The lowest BCUT2D eigenvalue weighted by atomic mass is 9.55. The second-order valence-corrected chi connectivity index (χ2v) is 7.75. The summed E-state index contributed by atoms with van der Waals surface area (Å²) in [7, 11) is 0. The van der Waals surface area contributed by atoms with Gasteiger partial charge in [0, 0.05) is 5.56 Å². The van der Waals surface area contributed by atoms with Gasteiger partial charge < -0.3 is 10.2 Å². The Balaban J connectivity index is 2.77. The molecule has 1 aliphatic rings. The second kappa shape index (κ2) is 4.57. The third kappa shape index (κ3) is 2.10. The van der Waals surface area contributed by atoms with E-state index in [-0.39, 0.29) is 10.8 Å². The van der Waals surface area contributed by atoms with Crippen molar-refractivity contribution in [1.82, 2.24) is 0 Å². The Morgan fingerprint density at radius 2 is 1.70 bits per heavy atom. The van der Waals surface area contributed by atoms with Crippen LogP contribution in [0, 0.1) is 25.2 Å². The fourth-order valence-electron chi connectivity index (χ4n) is 4.35. The molecule has 0 bridgehead atoms. The average molecular weight is 276 g/mol. The molecule has 1 aliphatic carbocycles. The summed E-state index contributed by atoms with van der Waals surface area (Å²) < 4.78 is 0. The van der Waals surface area contributed by atoms with Crippen LogP contribution in [0.15, 0.2) is 6.07 Å². The number of aliphatic hydroxyl groups excluding tert-OH is 1. The first-order chi connectivity index (χ1) is 9.00. The number of aryl methyl sites for hydroxylation is 1. The largest absolute Gasteiger partial charge is 0.364 e. The number of hydrogen-bond donors (Lipinski definition) is 2. The Bertz CT molecular complexity index is 539. The van der Waals surface area contributed by atoms with Crippen LogP contribution in [0.3, 0.4) is 0 Å². The van der Waals surface area contributed by atoms with E-state index in [9.17, 15) is 10.2 Å². The lowest BCUT2D eigenvalue weighted by Crippen LogP contribution is -2.44. The highest BCUT2D eigenvalue weighted by Crippen LogP contribution is 2.52. The summed E-state index contributed by atoms with van der Waals surface area (Å²) >= 11 is 0. The molecule has 1 unspecified atom stereocenters. The number of aliphatic hydroxyl groups is 2. The van der Waals surface area contributed by atoms with Crippen LogP contribution >= 0.6 is 0 Å². The van der Waals surface area contributed by atoms with Crippen LogP contribution in [-0.2, 0) is 11.8 Å². The van der Waals surface area contributed by atoms with E-state index < -0.39 is 6.29 Å². The Morgan fingerprint density at radius 1 is 1.15 bits per heavy atom. The minimum absolute atomic E-state index is 0.0402. The van der Waals surface area contributed by atoms with Gasteiger partial charge in [-0.05, 0) is 59.3 Å². The fraction of sp³-hybridized carbons (Fsp3) is 0.667. The molecule has 0 spiro atoms. The predicted octanol–water partition coefficient (Wildman–Crippen LogP) is 3.78. The minimum atomic E-state index is -1.39. The number of hydrogen-bond acceptors (Lipinski definition) is 2. The summed E-state index contributed by atoms with van der Waals surface area (Å²) in [6.07, 6.45) is -0.336. The van der Waals surface area contributed by atoms with Gasteiger partial charge in [0.15, 0.2) is 6.29 Å². The third-order valence-electron chi connectivity index (χ3n) is 5.72. The van der Waals surface area contributed by atoms with Crippen LogP contribution < -0.4 is 0 Å². The SMILES string of the molecule is Cc1cc2c(c(C)c1C(O)O)C(C)(C)C(C)C(C)(C)C2. The molecule has 112 valence electrons. The van der Waals surface area contributed by atoms with E-state index in [0.29, 0.717) is 11.5 Å². The minimum Gasteiger partial charge on any atom is -0.364 e. The first-order valence-electron chi connectivity index (χ1n) is 7.49. The third-order valence-corrected chi connectivity index (χ3v) is 5.72. The van der Waals surface area contributed by atoms with Crippen molar-refractivity contribution >= 4 is 0 Å². The van der Waals surface area contributed by atoms with Crippen LogP contribution in [0.1, 0.15) is 68.7 Å². The zero-order valence-corrected chi connectivity index (χ0v) is 13.8. The summed E-state index contributed by atoms with van der Waals surface area (Å²) in [6.45, 7) is 15.6. The highest BCUT2D eigenvalue weighted by atomic mass is 16.5. The van der Waals surface area contributed by atoms with Gasteiger partial charge in [-0.15, -0.1) is 0 Å². The Kier molecular flexibility index (Phi) is 3.55. The molecule has 0 aromatic heterocycles. The van der Waals surface area contributed by atoms with Gasteiger partial charge in [-0.2, -0.15) is 0 Å². The topological polar surface area (TPSA) is 40.5 Å². The number of benzene rings is 1. The van der Waals surface area contributed by atoms with Gasteiger partial charge in [-0.3, -0.25) is 0 Å². The normalized spacial score (nSPS) is 23.8. The molecule has 0 fully saturated rings. The van der Waals surface area contributed by atoms with Gasteiger partial charge >= 0.3 is 0 Å². The van der Waals surface area contributed by atoms with Gasteiger partial charge in [0.2, 0.25) is 0 Å². The summed E-state index contributed by atoms with van der Waals surface area (Å²) in [5.41, 5.74) is 5.71. The Hall–Kier alpha value is -0.860. The van der Waals surface area contributed by atoms with E-state index in [4.69, 9.17) is 0 Å². The van der Waals surface area contributed by atoms with Crippen molar-refractivity contribution in [3.05, 3.63) is 33.9 Å². The van der Waals surface area contributed by atoms with Crippen LogP contribution in [0.2, 0.25) is 0 Å². The zero-order chi connectivity index (χ0) is 15.5. The maximum absolute atomic E-state index is 9.68. The van der Waals surface area contributed by atoms with Gasteiger partial charge in [-0.1, -0.05) is 40.7 Å². The molecule has 0 heterocycles. The number of fused-ring (bicyclic) bond motifs is 1. The first kappa shape index (κ1) is 15.5. The van der Waals surface area contributed by atoms with Crippen molar-refractivity contribution in [2.75, 3.05) is 0 Å². The van der Waals surface area contributed by atoms with Gasteiger partial charge in [-0.25, -0.2) is 0 Å². The lowest BCUT2D eigenvalue weighted by molar-refractivity contribution is -0.0436. The summed E-state index contributed by atoms with van der Waals surface area (Å²) in [4.78, 5) is 0. The standard InChI is InChI=1S/C18H28O2/c1-10-8-13-9-17(4,5)12(3)18(6,7)15(13)11(2)14(10)16(19)20/h8,12,16,19-20H,9H2,1-7H3. The van der Waals surface area contributed by atoms with Gasteiger partial charge in [0.05, 0.1) is 0 Å². The Labute approximate surface area is 122 Å². The van der Waals surface area contributed by atoms with Crippen molar-refractivity contribution in [3.63, 3.8) is 0 Å². The molecule has 0 radical (unpaired) electrons. The first-order valence-corrected chi connectivity index (χ1v) is 7.49. The van der Waals surface area contributed by atoms with E-state index in [2.05, 4.69) is 40.7 Å². The molecule has 2 nitrogen and oxygen atoms in total. The molecular weight excluding hydrogens is 248 g/mol. The molecule has 0 saturated heterocycles. The maximum Gasteiger partial charge on any atom is 0.178 e. The zero-order valence-electron chi connectivity index (χ0n) is 13.8. The predicted molar refractivity (Wildman–Crippen MR) is 82.8 cm³/mol. The average Bonchev–Trinajstić information content (AvgIpc) is 2.23. The molecule has 0 aliphatic heterocycles. The quantitative estimate of drug-likeness (QED) is 0.766. The van der Waals surface area contributed by atoms with Gasteiger partial charge in [0.25, 0.3) is 0 Å². The van der Waals surface area contributed by atoms with E-state index in [1.54, 1.807) is 0 Å². The van der Waals surface area contributed by atoms with Crippen molar-refractivity contribution < 1.29 is 10.2 Å². The maximum atomic E-state index is 9.68. The molecule has 1 atom stereocenters. The summed E-state index contributed by atoms with van der Waals surface area (Å²) in [5, 5.41) is 19.4. The molecule has 0 amide bonds. The van der Waals surface area contributed by atoms with Crippen LogP contribution in [0.4, 0.5) is 0 Å². The van der Waals surface area contributed by atoms with E-state index >= 15 is 0 Å². The molecule has 1 aromatic carbocycles. The molecule has 20 heavy (non-hydrogen) atoms. The van der Waals surface area contributed by atoms with E-state index in [1.807, 2.05) is 13.8 Å². The van der Waals surface area contributed by atoms with Crippen molar-refractivity contribution in [2.45, 2.75) is 66.6 Å². The van der Waals surface area contributed by atoms with Crippen molar-refractivity contribution in [3.8, 4) is 0 Å². The molecule has 2 N–H and O–H groups in total. The molecule has 0 saturated carbocycles. The highest BCUT2D eigenvalue weighted by molar-refractivity contribution is 5.51. The van der Waals surface area contributed by atoms with Gasteiger partial charge in [0.1, 0.15) is 0 Å². The molecule has 2 rings (SSSR count). The molecule has 2 heteroatoms. The second-order valence-electron chi connectivity index (χ2n) is 7.75. The fourth-order valence-corrected chi connectivity index (χ4v) is 4.35. The van der Waals surface area contributed by atoms with E-state index in [1.165, 1.54) is 11.1 Å². The lowest BCUT2D eigenvalue weighted by Gasteiger charge is -2.50. The molecule has 1 aromatic rings. The van der Waals surface area contributed by atoms with Crippen LogP contribution in [-0.4, -0.2) is 10.2 Å². The smallest absolute Gasteiger partial charge is 0.178 e. The van der Waals surface area contributed by atoms with Crippen molar-refractivity contribution in [1.29, 1.82) is 0 Å². The summed E-state index contributed by atoms with van der Waals surface area (Å²) in [6, 6.07) is 2.16. The Morgan fingerprint density at radius 3 is 2.20 bits per heavy atom. The monoisotopic (exact) mass is 276 g/mol. The number of rotatable bonds is 1. The van der Waals surface area contributed by atoms with E-state index in [0.717, 1.165) is 17.5 Å². The molecular formula is C18H28O2. The van der Waals surface area contributed by atoms with Crippen molar-refractivity contribution in [2.24, 2.45) is 11.3 Å². The highest BCUT2D eigenvalue weighted by Gasteiger charge is 2.45. The van der Waals surface area contributed by atoms with Crippen LogP contribution in [0.5, 0.6) is 0 Å². The summed E-state index contributed by atoms with van der Waals surface area (Å²) in [5.74, 6) is 0.535. The van der Waals surface area contributed by atoms with Crippen LogP contribution in [0.25, 0.3) is 0 Å².